The number of amides is 1. The van der Waals surface area contributed by atoms with Gasteiger partial charge < -0.3 is 10.2 Å². The van der Waals surface area contributed by atoms with Gasteiger partial charge in [0.05, 0.1) is 5.92 Å². The molecular weight excluding hydrogens is 312 g/mol. The Labute approximate surface area is 149 Å². The minimum absolute atomic E-state index is 0.0350. The van der Waals surface area contributed by atoms with Crippen molar-refractivity contribution in [3.05, 3.63) is 47.8 Å². The fraction of sp³-hybridized carbons (Fsp3) is 0.450. The highest BCUT2D eigenvalue weighted by atomic mass is 16.1. The van der Waals surface area contributed by atoms with Crippen LogP contribution in [0.2, 0.25) is 0 Å². The number of hydrogen-bond donors (Lipinski definition) is 1. The topological polar surface area (TPSA) is 58.1 Å². The van der Waals surface area contributed by atoms with Gasteiger partial charge in [-0.3, -0.25) is 4.79 Å². The minimum Gasteiger partial charge on any atom is -0.340 e. The molecule has 5 nitrogen and oxygen atoms in total. The molecule has 5 heteroatoms. The molecule has 2 heterocycles. The van der Waals surface area contributed by atoms with E-state index in [0.29, 0.717) is 12.5 Å². The molecule has 1 atom stereocenters. The summed E-state index contributed by atoms with van der Waals surface area (Å²) in [5.41, 5.74) is 3.41. The molecule has 0 aliphatic carbocycles. The predicted molar refractivity (Wildman–Crippen MR) is 101 cm³/mol. The van der Waals surface area contributed by atoms with Gasteiger partial charge in [-0.25, -0.2) is 9.97 Å². The lowest BCUT2D eigenvalue weighted by molar-refractivity contribution is -0.120. The van der Waals surface area contributed by atoms with E-state index in [1.54, 1.807) is 12.4 Å². The van der Waals surface area contributed by atoms with Gasteiger partial charge in [0.15, 0.2) is 0 Å². The predicted octanol–water partition coefficient (Wildman–Crippen LogP) is 3.46. The molecule has 0 spiro atoms. The molecule has 0 saturated carbocycles. The van der Waals surface area contributed by atoms with Crippen molar-refractivity contribution >= 4 is 17.5 Å². The second-order valence-corrected chi connectivity index (χ2v) is 6.48. The smallest absolute Gasteiger partial charge is 0.229 e. The molecule has 1 fully saturated rings. The van der Waals surface area contributed by atoms with E-state index in [-0.39, 0.29) is 11.8 Å². The molecule has 0 bridgehead atoms. The zero-order valence-corrected chi connectivity index (χ0v) is 15.0. The molecule has 1 N–H and O–H groups in total. The Morgan fingerprint density at radius 1 is 1.16 bits per heavy atom. The molecule has 1 aromatic heterocycles. The number of para-hydroxylation sites is 1. The molecular formula is C20H26N4O. The van der Waals surface area contributed by atoms with Crippen LogP contribution in [0.15, 0.2) is 36.7 Å². The Morgan fingerprint density at radius 3 is 2.48 bits per heavy atom. The first-order valence-corrected chi connectivity index (χ1v) is 9.16. The molecule has 3 rings (SSSR count). The third kappa shape index (κ3) is 3.98. The molecule has 1 aliphatic rings. The standard InChI is InChI=1S/C20H26N4O/c1-3-15-8-5-9-16(4-2)18(15)23-19(25)17-10-6-13-24(14-17)20-21-11-7-12-22-20/h5,7-9,11-12,17H,3-4,6,10,13-14H2,1-2H3,(H,23,25)/t17-/m0/s1. The number of aryl methyl sites for hydroxylation is 2. The number of carbonyl (C=O) groups is 1. The summed E-state index contributed by atoms with van der Waals surface area (Å²) in [5, 5.41) is 3.22. The first-order chi connectivity index (χ1) is 12.2. The summed E-state index contributed by atoms with van der Waals surface area (Å²) in [6, 6.07) is 8.08. The summed E-state index contributed by atoms with van der Waals surface area (Å²) in [6.07, 6.45) is 7.21. The number of aromatic nitrogens is 2. The number of anilines is 2. The number of rotatable bonds is 5. The van der Waals surface area contributed by atoms with Crippen molar-refractivity contribution in [1.82, 2.24) is 9.97 Å². The summed E-state index contributed by atoms with van der Waals surface area (Å²) in [5.74, 6) is 0.784. The van der Waals surface area contributed by atoms with E-state index >= 15 is 0 Å². The van der Waals surface area contributed by atoms with E-state index in [9.17, 15) is 4.79 Å². The average Bonchev–Trinajstić information content (AvgIpc) is 2.69. The summed E-state index contributed by atoms with van der Waals surface area (Å²) >= 11 is 0. The van der Waals surface area contributed by atoms with Crippen molar-refractivity contribution < 1.29 is 4.79 Å². The molecule has 1 aliphatic heterocycles. The molecule has 1 aromatic carbocycles. The first-order valence-electron chi connectivity index (χ1n) is 9.16. The van der Waals surface area contributed by atoms with Crippen LogP contribution in [0.25, 0.3) is 0 Å². The number of nitrogens with zero attached hydrogens (tertiary/aromatic N) is 3. The van der Waals surface area contributed by atoms with Crippen LogP contribution >= 0.6 is 0 Å². The van der Waals surface area contributed by atoms with Gasteiger partial charge in [-0.05, 0) is 42.9 Å². The monoisotopic (exact) mass is 338 g/mol. The highest BCUT2D eigenvalue weighted by Gasteiger charge is 2.27. The zero-order chi connectivity index (χ0) is 17.6. The molecule has 0 radical (unpaired) electrons. The summed E-state index contributed by atoms with van der Waals surface area (Å²) in [7, 11) is 0. The summed E-state index contributed by atoms with van der Waals surface area (Å²) in [4.78, 5) is 23.6. The molecule has 0 unspecified atom stereocenters. The highest BCUT2D eigenvalue weighted by Crippen LogP contribution is 2.26. The average molecular weight is 338 g/mol. The van der Waals surface area contributed by atoms with Crippen molar-refractivity contribution in [2.45, 2.75) is 39.5 Å². The number of nitrogens with one attached hydrogen (secondary N) is 1. The lowest BCUT2D eigenvalue weighted by atomic mass is 9.96. The lowest BCUT2D eigenvalue weighted by Crippen LogP contribution is -2.41. The zero-order valence-electron chi connectivity index (χ0n) is 15.0. The van der Waals surface area contributed by atoms with E-state index in [4.69, 9.17) is 0 Å². The largest absolute Gasteiger partial charge is 0.340 e. The van der Waals surface area contributed by atoms with Gasteiger partial charge in [-0.2, -0.15) is 0 Å². The maximum atomic E-state index is 12.9. The Balaban J connectivity index is 1.73. The normalized spacial score (nSPS) is 17.4. The van der Waals surface area contributed by atoms with Crippen LogP contribution in [0, 0.1) is 5.92 Å². The van der Waals surface area contributed by atoms with Crippen molar-refractivity contribution in [3.8, 4) is 0 Å². The highest BCUT2D eigenvalue weighted by molar-refractivity contribution is 5.94. The second-order valence-electron chi connectivity index (χ2n) is 6.48. The minimum atomic E-state index is -0.0350. The van der Waals surface area contributed by atoms with Crippen molar-refractivity contribution in [2.75, 3.05) is 23.3 Å². The van der Waals surface area contributed by atoms with Crippen LogP contribution in [-0.2, 0) is 17.6 Å². The lowest BCUT2D eigenvalue weighted by Gasteiger charge is -2.32. The molecule has 1 saturated heterocycles. The fourth-order valence-corrected chi connectivity index (χ4v) is 3.46. The number of hydrogen-bond acceptors (Lipinski definition) is 4. The van der Waals surface area contributed by atoms with Gasteiger partial charge in [0.25, 0.3) is 0 Å². The quantitative estimate of drug-likeness (QED) is 0.907. The van der Waals surface area contributed by atoms with E-state index < -0.39 is 0 Å². The first kappa shape index (κ1) is 17.4. The number of piperidine rings is 1. The van der Waals surface area contributed by atoms with Gasteiger partial charge in [0, 0.05) is 31.2 Å². The maximum absolute atomic E-state index is 12.9. The SMILES string of the molecule is CCc1cccc(CC)c1NC(=O)[C@H]1CCCN(c2ncccn2)C1. The molecule has 132 valence electrons. The Hall–Kier alpha value is -2.43. The number of carbonyl (C=O) groups excluding carboxylic acids is 1. The van der Waals surface area contributed by atoms with E-state index in [1.165, 1.54) is 11.1 Å². The van der Waals surface area contributed by atoms with Crippen molar-refractivity contribution in [1.29, 1.82) is 0 Å². The van der Waals surface area contributed by atoms with E-state index in [0.717, 1.165) is 37.9 Å². The van der Waals surface area contributed by atoms with Crippen molar-refractivity contribution in [3.63, 3.8) is 0 Å². The van der Waals surface area contributed by atoms with Gasteiger partial charge in [-0.15, -0.1) is 0 Å². The van der Waals surface area contributed by atoms with Crippen LogP contribution in [-0.4, -0.2) is 29.0 Å². The number of benzene rings is 1. The molecule has 25 heavy (non-hydrogen) atoms. The molecule has 1 amide bonds. The van der Waals surface area contributed by atoms with Crippen LogP contribution in [0.3, 0.4) is 0 Å². The van der Waals surface area contributed by atoms with Crippen LogP contribution in [0.1, 0.15) is 37.8 Å². The van der Waals surface area contributed by atoms with Gasteiger partial charge >= 0.3 is 0 Å². The van der Waals surface area contributed by atoms with Crippen LogP contribution in [0.5, 0.6) is 0 Å². The second kappa shape index (κ2) is 8.10. The summed E-state index contributed by atoms with van der Waals surface area (Å²) < 4.78 is 0. The van der Waals surface area contributed by atoms with Gasteiger partial charge in [0.2, 0.25) is 11.9 Å². The molecule has 2 aromatic rings. The van der Waals surface area contributed by atoms with Gasteiger partial charge in [0.1, 0.15) is 0 Å². The third-order valence-electron chi connectivity index (χ3n) is 4.87. The van der Waals surface area contributed by atoms with Crippen molar-refractivity contribution in [2.24, 2.45) is 5.92 Å². The van der Waals surface area contributed by atoms with E-state index in [1.807, 2.05) is 6.07 Å². The Morgan fingerprint density at radius 2 is 1.84 bits per heavy atom. The fourth-order valence-electron chi connectivity index (χ4n) is 3.46. The third-order valence-corrected chi connectivity index (χ3v) is 4.87. The van der Waals surface area contributed by atoms with E-state index in [2.05, 4.69) is 52.2 Å². The Bertz CT molecular complexity index is 695. The van der Waals surface area contributed by atoms with Crippen LogP contribution in [0.4, 0.5) is 11.6 Å². The van der Waals surface area contributed by atoms with Gasteiger partial charge in [-0.1, -0.05) is 32.0 Å². The summed E-state index contributed by atoms with van der Waals surface area (Å²) in [6.45, 7) is 5.82. The Kier molecular flexibility index (Phi) is 5.64. The maximum Gasteiger partial charge on any atom is 0.229 e. The van der Waals surface area contributed by atoms with Crippen LogP contribution < -0.4 is 10.2 Å².